The van der Waals surface area contributed by atoms with Gasteiger partial charge in [-0.05, 0) is 17.8 Å². The first-order valence-electron chi connectivity index (χ1n) is 5.99. The molecule has 18 heavy (non-hydrogen) atoms. The predicted octanol–water partition coefficient (Wildman–Crippen LogP) is 5.05. The second kappa shape index (κ2) is 4.90. The molecule has 0 aliphatic carbocycles. The first-order valence-corrected chi connectivity index (χ1v) is 5.99. The Morgan fingerprint density at radius 3 is 1.56 bits per heavy atom. The van der Waals surface area contributed by atoms with Crippen LogP contribution in [0, 0.1) is 23.3 Å². The van der Waals surface area contributed by atoms with Gasteiger partial charge in [0.1, 0.15) is 0 Å². The highest BCUT2D eigenvalue weighted by atomic mass is 19.2. The van der Waals surface area contributed by atoms with Gasteiger partial charge in [0.25, 0.3) is 0 Å². The summed E-state index contributed by atoms with van der Waals surface area (Å²) >= 11 is 0. The van der Waals surface area contributed by atoms with Gasteiger partial charge in [0.2, 0.25) is 0 Å². The molecular formula is C14H18F4. The van der Waals surface area contributed by atoms with Crippen LogP contribution in [-0.4, -0.2) is 0 Å². The maximum atomic E-state index is 13.9. The molecule has 0 heterocycles. The first kappa shape index (κ1) is 15.0. The van der Waals surface area contributed by atoms with E-state index in [4.69, 9.17) is 0 Å². The van der Waals surface area contributed by atoms with Crippen molar-refractivity contribution in [1.29, 1.82) is 0 Å². The molecule has 0 aromatic heterocycles. The van der Waals surface area contributed by atoms with Crippen LogP contribution in [0.1, 0.15) is 58.1 Å². The smallest absolute Gasteiger partial charge is 0.165 e. The Bertz CT molecular complexity index is 429. The predicted molar refractivity (Wildman–Crippen MR) is 63.7 cm³/mol. The molecule has 1 unspecified atom stereocenters. The van der Waals surface area contributed by atoms with Crippen LogP contribution >= 0.6 is 0 Å². The zero-order chi connectivity index (χ0) is 14.2. The van der Waals surface area contributed by atoms with E-state index in [1.54, 1.807) is 6.92 Å². The normalized spacial score (nSPS) is 13.8. The van der Waals surface area contributed by atoms with Gasteiger partial charge in [0.05, 0.1) is 0 Å². The average Bonchev–Trinajstić information content (AvgIpc) is 2.24. The van der Waals surface area contributed by atoms with E-state index in [1.807, 2.05) is 0 Å². The van der Waals surface area contributed by atoms with Crippen molar-refractivity contribution in [3.63, 3.8) is 0 Å². The van der Waals surface area contributed by atoms with Crippen molar-refractivity contribution in [2.45, 2.75) is 52.4 Å². The van der Waals surface area contributed by atoms with Crippen LogP contribution in [0.5, 0.6) is 0 Å². The molecule has 0 nitrogen and oxygen atoms in total. The molecule has 1 aromatic rings. The second-order valence-corrected chi connectivity index (χ2v) is 5.60. The van der Waals surface area contributed by atoms with Gasteiger partial charge in [-0.1, -0.05) is 34.6 Å². The van der Waals surface area contributed by atoms with E-state index in [0.717, 1.165) is 0 Å². The number of benzene rings is 1. The Morgan fingerprint density at radius 2 is 1.28 bits per heavy atom. The van der Waals surface area contributed by atoms with E-state index in [2.05, 4.69) is 0 Å². The molecule has 1 atom stereocenters. The lowest BCUT2D eigenvalue weighted by Crippen LogP contribution is -2.21. The molecule has 102 valence electrons. The van der Waals surface area contributed by atoms with E-state index in [-0.39, 0.29) is 0 Å². The van der Waals surface area contributed by atoms with E-state index < -0.39 is 45.7 Å². The van der Waals surface area contributed by atoms with Crippen molar-refractivity contribution in [2.75, 3.05) is 0 Å². The summed E-state index contributed by atoms with van der Waals surface area (Å²) in [7, 11) is 0. The molecule has 0 radical (unpaired) electrons. The highest BCUT2D eigenvalue weighted by molar-refractivity contribution is 5.35. The standard InChI is InChI=1S/C14H18F4/c1-6-7(2)8-10(15)12(17)9(14(3,4)5)13(18)11(8)16/h7H,6H2,1-5H3. The Balaban J connectivity index is 3.67. The number of hydrogen-bond donors (Lipinski definition) is 0. The zero-order valence-corrected chi connectivity index (χ0v) is 11.3. The van der Waals surface area contributed by atoms with Crippen molar-refractivity contribution >= 4 is 0 Å². The van der Waals surface area contributed by atoms with Crippen molar-refractivity contribution in [1.82, 2.24) is 0 Å². The average molecular weight is 262 g/mol. The molecule has 1 rings (SSSR count). The second-order valence-electron chi connectivity index (χ2n) is 5.60. The monoisotopic (exact) mass is 262 g/mol. The largest absolute Gasteiger partial charge is 0.203 e. The van der Waals surface area contributed by atoms with Crippen molar-refractivity contribution in [2.24, 2.45) is 0 Å². The summed E-state index contributed by atoms with van der Waals surface area (Å²) in [6.45, 7) is 7.77. The fourth-order valence-electron chi connectivity index (χ4n) is 1.94. The highest BCUT2D eigenvalue weighted by Gasteiger charge is 2.32. The van der Waals surface area contributed by atoms with Gasteiger partial charge in [0, 0.05) is 11.1 Å². The third kappa shape index (κ3) is 2.38. The summed E-state index contributed by atoms with van der Waals surface area (Å²) in [4.78, 5) is 0. The molecule has 0 saturated carbocycles. The van der Waals surface area contributed by atoms with Crippen LogP contribution in [0.4, 0.5) is 17.6 Å². The molecule has 0 N–H and O–H groups in total. The Labute approximate surface area is 105 Å². The lowest BCUT2D eigenvalue weighted by Gasteiger charge is -2.23. The molecule has 4 heteroatoms. The summed E-state index contributed by atoms with van der Waals surface area (Å²) in [6.07, 6.45) is 0.404. The lowest BCUT2D eigenvalue weighted by molar-refractivity contribution is 0.388. The summed E-state index contributed by atoms with van der Waals surface area (Å²) in [5, 5.41) is 0. The zero-order valence-electron chi connectivity index (χ0n) is 11.3. The maximum Gasteiger partial charge on any atom is 0.165 e. The Morgan fingerprint density at radius 1 is 0.889 bits per heavy atom. The SMILES string of the molecule is CCC(C)c1c(F)c(F)c(C(C)(C)C)c(F)c1F. The molecule has 0 fully saturated rings. The molecule has 0 amide bonds. The Hall–Kier alpha value is -1.06. The summed E-state index contributed by atoms with van der Waals surface area (Å²) in [6, 6.07) is 0. The van der Waals surface area contributed by atoms with Gasteiger partial charge in [-0.15, -0.1) is 0 Å². The Kier molecular flexibility index (Phi) is 4.08. The molecule has 0 saturated heterocycles. The third-order valence-corrected chi connectivity index (χ3v) is 3.15. The summed E-state index contributed by atoms with van der Waals surface area (Å²) < 4.78 is 55.6. The van der Waals surface area contributed by atoms with Crippen LogP contribution in [-0.2, 0) is 5.41 Å². The van der Waals surface area contributed by atoms with Crippen LogP contribution in [0.25, 0.3) is 0 Å². The third-order valence-electron chi connectivity index (χ3n) is 3.15. The summed E-state index contributed by atoms with van der Waals surface area (Å²) in [5.74, 6) is -5.67. The van der Waals surface area contributed by atoms with Crippen molar-refractivity contribution in [3.8, 4) is 0 Å². The molecule has 0 aliphatic rings. The van der Waals surface area contributed by atoms with Crippen LogP contribution in [0.15, 0.2) is 0 Å². The van der Waals surface area contributed by atoms with Gasteiger partial charge in [-0.2, -0.15) is 0 Å². The maximum absolute atomic E-state index is 13.9. The van der Waals surface area contributed by atoms with Crippen molar-refractivity contribution < 1.29 is 17.6 Å². The minimum Gasteiger partial charge on any atom is -0.203 e. The number of halogens is 4. The fraction of sp³-hybridized carbons (Fsp3) is 0.571. The van der Waals surface area contributed by atoms with Gasteiger partial charge in [-0.25, -0.2) is 17.6 Å². The first-order chi connectivity index (χ1) is 8.12. The van der Waals surface area contributed by atoms with Crippen LogP contribution < -0.4 is 0 Å². The van der Waals surface area contributed by atoms with Crippen LogP contribution in [0.3, 0.4) is 0 Å². The highest BCUT2D eigenvalue weighted by Crippen LogP contribution is 2.36. The van der Waals surface area contributed by atoms with E-state index in [9.17, 15) is 17.6 Å². The van der Waals surface area contributed by atoms with Gasteiger partial charge >= 0.3 is 0 Å². The number of rotatable bonds is 2. The topological polar surface area (TPSA) is 0 Å². The molecule has 1 aromatic carbocycles. The quantitative estimate of drug-likeness (QED) is 0.516. The lowest BCUT2D eigenvalue weighted by atomic mass is 9.83. The summed E-state index contributed by atoms with van der Waals surface area (Å²) in [5.41, 5.74) is -2.03. The molecule has 0 bridgehead atoms. The fourth-order valence-corrected chi connectivity index (χ4v) is 1.94. The minimum absolute atomic E-state index is 0.404. The molecular weight excluding hydrogens is 244 g/mol. The molecule has 0 spiro atoms. The van der Waals surface area contributed by atoms with Gasteiger partial charge < -0.3 is 0 Å². The van der Waals surface area contributed by atoms with Gasteiger partial charge in [-0.3, -0.25) is 0 Å². The molecule has 0 aliphatic heterocycles. The van der Waals surface area contributed by atoms with E-state index in [0.29, 0.717) is 6.42 Å². The van der Waals surface area contributed by atoms with E-state index in [1.165, 1.54) is 27.7 Å². The van der Waals surface area contributed by atoms with Crippen LogP contribution in [0.2, 0.25) is 0 Å². The number of hydrogen-bond acceptors (Lipinski definition) is 0. The minimum atomic E-state index is -1.28. The van der Waals surface area contributed by atoms with Crippen molar-refractivity contribution in [3.05, 3.63) is 34.4 Å². The van der Waals surface area contributed by atoms with Gasteiger partial charge in [0.15, 0.2) is 23.3 Å². The van der Waals surface area contributed by atoms with E-state index >= 15 is 0 Å².